The Bertz CT molecular complexity index is 312. The van der Waals surface area contributed by atoms with Crippen LogP contribution >= 0.6 is 0 Å². The summed E-state index contributed by atoms with van der Waals surface area (Å²) in [7, 11) is 0. The molecule has 1 saturated heterocycles. The predicted octanol–water partition coefficient (Wildman–Crippen LogP) is -1.33. The van der Waals surface area contributed by atoms with Crippen LogP contribution in [-0.4, -0.2) is 51.9 Å². The van der Waals surface area contributed by atoms with Crippen molar-refractivity contribution in [3.05, 3.63) is 6.33 Å². The lowest BCUT2D eigenvalue weighted by Crippen LogP contribution is -2.54. The largest absolute Gasteiger partial charge is 0.480 e. The molecule has 2 heterocycles. The van der Waals surface area contributed by atoms with Crippen molar-refractivity contribution in [2.24, 2.45) is 0 Å². The maximum absolute atomic E-state index is 10.7. The Morgan fingerprint density at radius 2 is 2.57 bits per heavy atom. The Kier molecular flexibility index (Phi) is 2.32. The molecule has 0 bridgehead atoms. The van der Waals surface area contributed by atoms with Gasteiger partial charge >= 0.3 is 5.97 Å². The zero-order chi connectivity index (χ0) is 9.97. The van der Waals surface area contributed by atoms with Gasteiger partial charge in [0.25, 0.3) is 0 Å². The van der Waals surface area contributed by atoms with Crippen molar-refractivity contribution in [2.75, 3.05) is 24.5 Å². The van der Waals surface area contributed by atoms with Crippen LogP contribution in [0.25, 0.3) is 0 Å². The quantitative estimate of drug-likeness (QED) is 0.543. The molecule has 7 heteroatoms. The monoisotopic (exact) mass is 197 g/mol. The fourth-order valence-corrected chi connectivity index (χ4v) is 1.46. The van der Waals surface area contributed by atoms with E-state index in [1.165, 1.54) is 6.33 Å². The van der Waals surface area contributed by atoms with Crippen molar-refractivity contribution in [2.45, 2.75) is 6.04 Å². The van der Waals surface area contributed by atoms with E-state index in [2.05, 4.69) is 20.5 Å². The van der Waals surface area contributed by atoms with Crippen molar-refractivity contribution in [3.63, 3.8) is 0 Å². The summed E-state index contributed by atoms with van der Waals surface area (Å²) in [6, 6.07) is -0.533. The molecule has 1 unspecified atom stereocenters. The molecule has 0 aromatic carbocycles. The lowest BCUT2D eigenvalue weighted by atomic mass is 10.2. The van der Waals surface area contributed by atoms with E-state index >= 15 is 0 Å². The second-order valence-corrected chi connectivity index (χ2v) is 3.10. The van der Waals surface area contributed by atoms with Gasteiger partial charge < -0.3 is 15.3 Å². The van der Waals surface area contributed by atoms with Crippen molar-refractivity contribution >= 4 is 11.9 Å². The van der Waals surface area contributed by atoms with E-state index in [1.807, 2.05) is 4.90 Å². The molecular formula is C7H11N5O2. The Morgan fingerprint density at radius 3 is 3.21 bits per heavy atom. The Balaban J connectivity index is 2.04. The average Bonchev–Trinajstić information content (AvgIpc) is 2.71. The second-order valence-electron chi connectivity index (χ2n) is 3.10. The molecule has 1 aliphatic heterocycles. The number of rotatable bonds is 2. The van der Waals surface area contributed by atoms with Crippen molar-refractivity contribution in [1.29, 1.82) is 0 Å². The van der Waals surface area contributed by atoms with Gasteiger partial charge in [-0.2, -0.15) is 10.1 Å². The number of H-pyrrole nitrogens is 1. The highest BCUT2D eigenvalue weighted by Crippen LogP contribution is 2.07. The lowest BCUT2D eigenvalue weighted by Gasteiger charge is -2.30. The van der Waals surface area contributed by atoms with Gasteiger partial charge in [-0.3, -0.25) is 4.79 Å². The van der Waals surface area contributed by atoms with Gasteiger partial charge in [-0.05, 0) is 0 Å². The maximum atomic E-state index is 10.7. The molecule has 0 spiro atoms. The summed E-state index contributed by atoms with van der Waals surface area (Å²) in [4.78, 5) is 16.6. The fourth-order valence-electron chi connectivity index (χ4n) is 1.46. The summed E-state index contributed by atoms with van der Waals surface area (Å²) in [6.45, 7) is 1.78. The molecule has 1 fully saturated rings. The number of carbonyl (C=O) groups is 1. The number of aromatic nitrogens is 3. The molecule has 1 aliphatic rings. The molecular weight excluding hydrogens is 186 g/mol. The molecule has 0 amide bonds. The van der Waals surface area contributed by atoms with Gasteiger partial charge in [-0.25, -0.2) is 5.10 Å². The van der Waals surface area contributed by atoms with Crippen molar-refractivity contribution < 1.29 is 9.90 Å². The molecule has 1 aromatic rings. The van der Waals surface area contributed by atoms with Crippen LogP contribution in [0.4, 0.5) is 5.95 Å². The van der Waals surface area contributed by atoms with Crippen LogP contribution < -0.4 is 10.2 Å². The third-order valence-corrected chi connectivity index (χ3v) is 2.18. The normalized spacial score (nSPS) is 22.3. The SMILES string of the molecule is O=C(O)C1CN(c2ncn[nH]2)CCN1. The van der Waals surface area contributed by atoms with Crippen LogP contribution in [0.3, 0.4) is 0 Å². The minimum atomic E-state index is -0.839. The van der Waals surface area contributed by atoms with Crippen LogP contribution in [0, 0.1) is 0 Å². The number of anilines is 1. The van der Waals surface area contributed by atoms with E-state index in [4.69, 9.17) is 5.11 Å². The van der Waals surface area contributed by atoms with Gasteiger partial charge in [-0.15, -0.1) is 0 Å². The number of nitrogens with one attached hydrogen (secondary N) is 2. The zero-order valence-electron chi connectivity index (χ0n) is 7.47. The van der Waals surface area contributed by atoms with Gasteiger partial charge in [0, 0.05) is 19.6 Å². The minimum absolute atomic E-state index is 0.407. The number of aromatic amines is 1. The second kappa shape index (κ2) is 3.62. The number of carboxylic acids is 1. The summed E-state index contributed by atoms with van der Waals surface area (Å²) in [5, 5.41) is 18.2. The number of nitrogens with zero attached hydrogens (tertiary/aromatic N) is 3. The van der Waals surface area contributed by atoms with Crippen molar-refractivity contribution in [1.82, 2.24) is 20.5 Å². The van der Waals surface area contributed by atoms with Gasteiger partial charge in [0.15, 0.2) is 0 Å². The number of piperazine rings is 1. The lowest BCUT2D eigenvalue weighted by molar-refractivity contribution is -0.139. The molecule has 0 saturated carbocycles. The number of hydrogen-bond acceptors (Lipinski definition) is 5. The molecule has 7 nitrogen and oxygen atoms in total. The molecule has 14 heavy (non-hydrogen) atoms. The van der Waals surface area contributed by atoms with E-state index in [-0.39, 0.29) is 0 Å². The summed E-state index contributed by atoms with van der Waals surface area (Å²) in [6.07, 6.45) is 1.41. The topological polar surface area (TPSA) is 94.1 Å². The Labute approximate surface area is 80.1 Å². The summed E-state index contributed by atoms with van der Waals surface area (Å²) in [5.74, 6) is -0.216. The van der Waals surface area contributed by atoms with E-state index in [0.29, 0.717) is 19.0 Å². The van der Waals surface area contributed by atoms with E-state index < -0.39 is 12.0 Å². The number of aliphatic carboxylic acids is 1. The van der Waals surface area contributed by atoms with Gasteiger partial charge in [-0.1, -0.05) is 0 Å². The third-order valence-electron chi connectivity index (χ3n) is 2.18. The third kappa shape index (κ3) is 1.67. The van der Waals surface area contributed by atoms with E-state index in [1.54, 1.807) is 0 Å². The summed E-state index contributed by atoms with van der Waals surface area (Å²) >= 11 is 0. The molecule has 3 N–H and O–H groups in total. The summed E-state index contributed by atoms with van der Waals surface area (Å²) < 4.78 is 0. The molecule has 1 aromatic heterocycles. The molecule has 1 atom stereocenters. The first kappa shape index (κ1) is 8.95. The van der Waals surface area contributed by atoms with E-state index in [0.717, 1.165) is 6.54 Å². The standard InChI is InChI=1S/C7H11N5O2/c13-6(14)5-3-12(2-1-8-5)7-9-4-10-11-7/h4-5,8H,1-3H2,(H,13,14)(H,9,10,11). The first-order chi connectivity index (χ1) is 6.77. The number of hydrogen-bond donors (Lipinski definition) is 3. The predicted molar refractivity (Wildman–Crippen MR) is 48.0 cm³/mol. The highest BCUT2D eigenvalue weighted by Gasteiger charge is 2.25. The molecule has 0 radical (unpaired) electrons. The van der Waals surface area contributed by atoms with Crippen LogP contribution in [0.15, 0.2) is 6.33 Å². The van der Waals surface area contributed by atoms with Gasteiger partial charge in [0.1, 0.15) is 12.4 Å². The highest BCUT2D eigenvalue weighted by molar-refractivity contribution is 5.74. The van der Waals surface area contributed by atoms with E-state index in [9.17, 15) is 4.79 Å². The smallest absolute Gasteiger partial charge is 0.322 e. The first-order valence-electron chi connectivity index (χ1n) is 4.34. The molecule has 2 rings (SSSR count). The molecule has 0 aliphatic carbocycles. The highest BCUT2D eigenvalue weighted by atomic mass is 16.4. The van der Waals surface area contributed by atoms with Gasteiger partial charge in [0.2, 0.25) is 5.95 Å². The molecule has 76 valence electrons. The summed E-state index contributed by atoms with van der Waals surface area (Å²) in [5.41, 5.74) is 0. The maximum Gasteiger partial charge on any atom is 0.322 e. The Hall–Kier alpha value is -1.63. The van der Waals surface area contributed by atoms with Crippen LogP contribution in [0.2, 0.25) is 0 Å². The van der Waals surface area contributed by atoms with Crippen LogP contribution in [0.1, 0.15) is 0 Å². The van der Waals surface area contributed by atoms with Crippen LogP contribution in [0.5, 0.6) is 0 Å². The van der Waals surface area contributed by atoms with Crippen LogP contribution in [-0.2, 0) is 4.79 Å². The van der Waals surface area contributed by atoms with Crippen molar-refractivity contribution in [3.8, 4) is 0 Å². The minimum Gasteiger partial charge on any atom is -0.480 e. The number of carboxylic acid groups (broad SMARTS) is 1. The first-order valence-corrected chi connectivity index (χ1v) is 4.34. The zero-order valence-corrected chi connectivity index (χ0v) is 7.47. The average molecular weight is 197 g/mol. The fraction of sp³-hybridized carbons (Fsp3) is 0.571. The Morgan fingerprint density at radius 1 is 1.71 bits per heavy atom. The van der Waals surface area contributed by atoms with Gasteiger partial charge in [0.05, 0.1) is 0 Å².